The number of unbranched alkanes of at least 4 members (excludes halogenated alkanes) is 1. The number of aliphatic imine (C=N–C) groups is 1. The molecule has 26 heteroatoms. The summed E-state index contributed by atoms with van der Waals surface area (Å²) in [6.07, 6.45) is 6.16. The molecule has 0 radical (unpaired) electrons. The fourth-order valence-electron chi connectivity index (χ4n) is 8.13. The number of nitrogens with two attached hydrogens (primary N) is 3. The molecule has 5 rings (SSSR count). The van der Waals surface area contributed by atoms with E-state index in [4.69, 9.17) is 17.2 Å². The number of hydrogen-bond donors (Lipinski definition) is 13. The number of fused-ring (bicyclic) bond motifs is 1. The number of hydrogen-bond acceptors (Lipinski definition) is 13. The van der Waals surface area contributed by atoms with Gasteiger partial charge in [0.15, 0.2) is 5.96 Å². The van der Waals surface area contributed by atoms with Crippen molar-refractivity contribution in [2.75, 3.05) is 24.6 Å². The van der Waals surface area contributed by atoms with Crippen LogP contribution >= 0.6 is 21.6 Å². The first-order valence-corrected chi connectivity index (χ1v) is 27.5. The lowest BCUT2D eigenvalue weighted by molar-refractivity contribution is -0.135. The van der Waals surface area contributed by atoms with Gasteiger partial charge in [0.25, 0.3) is 0 Å². The third kappa shape index (κ3) is 19.6. The van der Waals surface area contributed by atoms with Crippen molar-refractivity contribution in [1.29, 1.82) is 0 Å². The lowest BCUT2D eigenvalue weighted by Crippen LogP contribution is -2.60. The molecule has 1 fully saturated rings. The van der Waals surface area contributed by atoms with Crippen molar-refractivity contribution in [2.24, 2.45) is 22.2 Å². The summed E-state index contributed by atoms with van der Waals surface area (Å²) in [6.45, 7) is 3.27. The second kappa shape index (κ2) is 30.7. The zero-order chi connectivity index (χ0) is 55.0. The molecule has 4 aromatic rings. The maximum absolute atomic E-state index is 14.6. The number of rotatable bonds is 17. The third-order valence-electron chi connectivity index (χ3n) is 12.1. The fraction of sp³-hybridized carbons (Fsp3) is 0.460. The van der Waals surface area contributed by atoms with Gasteiger partial charge in [-0.25, -0.2) is 4.98 Å². The van der Waals surface area contributed by atoms with Gasteiger partial charge in [0.1, 0.15) is 42.3 Å². The Kier molecular flexibility index (Phi) is 23.9. The maximum Gasteiger partial charge on any atom is 0.243 e. The average Bonchev–Trinajstić information content (AvgIpc) is 4.07. The van der Waals surface area contributed by atoms with E-state index >= 15 is 0 Å². The first kappa shape index (κ1) is 59.3. The Morgan fingerprint density at radius 1 is 0.763 bits per heavy atom. The van der Waals surface area contributed by atoms with Crippen LogP contribution < -0.4 is 59.7 Å². The number of primary amides is 1. The molecular formula is C50H69N15O9S2. The van der Waals surface area contributed by atoms with Crippen LogP contribution in [-0.4, -0.2) is 141 Å². The number of aromatic nitrogens is 3. The Hall–Kier alpha value is -7.61. The molecule has 9 amide bonds. The molecule has 1 saturated heterocycles. The predicted octanol–water partition coefficient (Wildman–Crippen LogP) is -0.647. The van der Waals surface area contributed by atoms with Crippen LogP contribution in [0.1, 0.15) is 75.6 Å². The highest BCUT2D eigenvalue weighted by Crippen LogP contribution is 2.24. The summed E-state index contributed by atoms with van der Waals surface area (Å²) in [7, 11) is 2.18. The van der Waals surface area contributed by atoms with Gasteiger partial charge in [-0.3, -0.25) is 48.1 Å². The smallest absolute Gasteiger partial charge is 0.243 e. The van der Waals surface area contributed by atoms with Gasteiger partial charge < -0.3 is 69.7 Å². The molecule has 0 saturated carbocycles. The van der Waals surface area contributed by atoms with Gasteiger partial charge in [0, 0.05) is 86.2 Å². The van der Waals surface area contributed by atoms with Gasteiger partial charge in [-0.15, -0.1) is 0 Å². The quantitative estimate of drug-likeness (QED) is 0.0271. The van der Waals surface area contributed by atoms with Crippen molar-refractivity contribution < 1.29 is 43.2 Å². The fourth-order valence-corrected chi connectivity index (χ4v) is 10.5. The summed E-state index contributed by atoms with van der Waals surface area (Å²) in [5.41, 5.74) is 19.6. The second-order valence-electron chi connectivity index (χ2n) is 18.2. The maximum atomic E-state index is 14.6. The number of carbonyl (C=O) groups excluding carboxylic acids is 9. The van der Waals surface area contributed by atoms with Crippen molar-refractivity contribution in [3.8, 4) is 0 Å². The van der Waals surface area contributed by atoms with E-state index in [1.807, 2.05) is 31.2 Å². The van der Waals surface area contributed by atoms with Crippen molar-refractivity contribution in [3.63, 3.8) is 0 Å². The highest BCUT2D eigenvalue weighted by atomic mass is 33.1. The van der Waals surface area contributed by atoms with E-state index in [2.05, 4.69) is 62.5 Å². The number of para-hydroxylation sites is 1. The monoisotopic (exact) mass is 1090 g/mol. The molecule has 3 heterocycles. The van der Waals surface area contributed by atoms with Crippen LogP contribution in [0.25, 0.3) is 10.9 Å². The number of amides is 9. The summed E-state index contributed by atoms with van der Waals surface area (Å²) in [4.78, 5) is 138. The normalized spacial score (nSPS) is 21.4. The van der Waals surface area contributed by atoms with Gasteiger partial charge in [-0.05, 0) is 42.9 Å². The molecule has 1 aliphatic heterocycles. The van der Waals surface area contributed by atoms with Gasteiger partial charge >= 0.3 is 0 Å². The van der Waals surface area contributed by atoms with Crippen molar-refractivity contribution in [3.05, 3.63) is 90.1 Å². The highest BCUT2D eigenvalue weighted by Gasteiger charge is 2.34. The molecular weight excluding hydrogens is 1020 g/mol. The van der Waals surface area contributed by atoms with Crippen LogP contribution in [0, 0.1) is 0 Å². The van der Waals surface area contributed by atoms with Crippen LogP contribution in [0.3, 0.4) is 0 Å². The van der Waals surface area contributed by atoms with E-state index in [9.17, 15) is 43.2 Å². The summed E-state index contributed by atoms with van der Waals surface area (Å²) < 4.78 is 0. The molecule has 7 atom stereocenters. The molecule has 2 aromatic heterocycles. The summed E-state index contributed by atoms with van der Waals surface area (Å²) >= 11 is 0. The van der Waals surface area contributed by atoms with E-state index < -0.39 is 95.5 Å². The van der Waals surface area contributed by atoms with Crippen LogP contribution in [0.5, 0.6) is 0 Å². The minimum absolute atomic E-state index is 0.0203. The van der Waals surface area contributed by atoms with Crippen LogP contribution in [0.4, 0.5) is 0 Å². The van der Waals surface area contributed by atoms with Crippen LogP contribution in [0.2, 0.25) is 0 Å². The van der Waals surface area contributed by atoms with E-state index in [1.165, 1.54) is 19.4 Å². The third-order valence-corrected chi connectivity index (χ3v) is 14.5. The number of guanidine groups is 1. The molecule has 24 nitrogen and oxygen atoms in total. The minimum Gasteiger partial charge on any atom is -0.370 e. The average molecular weight is 1090 g/mol. The molecule has 0 bridgehead atoms. The Bertz CT molecular complexity index is 2630. The summed E-state index contributed by atoms with van der Waals surface area (Å²) in [5.74, 6) is -6.53. The number of benzene rings is 2. The van der Waals surface area contributed by atoms with E-state index in [0.717, 1.165) is 38.9 Å². The summed E-state index contributed by atoms with van der Waals surface area (Å²) in [6, 6.07) is 7.46. The van der Waals surface area contributed by atoms with Crippen molar-refractivity contribution >= 4 is 91.6 Å². The Labute approximate surface area is 447 Å². The van der Waals surface area contributed by atoms with Crippen molar-refractivity contribution in [1.82, 2.24) is 57.5 Å². The van der Waals surface area contributed by atoms with Gasteiger partial charge in [0.2, 0.25) is 53.2 Å². The molecule has 0 aliphatic carbocycles. The summed E-state index contributed by atoms with van der Waals surface area (Å²) in [5, 5.41) is 22.7. The van der Waals surface area contributed by atoms with Gasteiger partial charge in [-0.2, -0.15) is 0 Å². The predicted molar refractivity (Wildman–Crippen MR) is 289 cm³/mol. The van der Waals surface area contributed by atoms with Crippen LogP contribution in [-0.2, 0) is 62.4 Å². The number of aromatic amines is 2. The molecule has 2 aromatic carbocycles. The van der Waals surface area contributed by atoms with E-state index in [-0.39, 0.29) is 75.5 Å². The first-order chi connectivity index (χ1) is 36.5. The second-order valence-corrected chi connectivity index (χ2v) is 20.7. The lowest BCUT2D eigenvalue weighted by atomic mass is 10.0. The lowest BCUT2D eigenvalue weighted by Gasteiger charge is -2.27. The zero-order valence-corrected chi connectivity index (χ0v) is 44.1. The van der Waals surface area contributed by atoms with Crippen LogP contribution in [0.15, 0.2) is 78.3 Å². The molecule has 410 valence electrons. The number of nitrogens with one attached hydrogen (secondary N) is 10. The number of imidazole rings is 1. The van der Waals surface area contributed by atoms with Crippen molar-refractivity contribution in [2.45, 2.75) is 120 Å². The highest BCUT2D eigenvalue weighted by molar-refractivity contribution is 8.76. The largest absolute Gasteiger partial charge is 0.370 e. The number of carbonyl (C=O) groups is 9. The van der Waals surface area contributed by atoms with E-state index in [1.54, 1.807) is 36.5 Å². The topological polar surface area (TPSA) is 385 Å². The Morgan fingerprint density at radius 3 is 2.11 bits per heavy atom. The van der Waals surface area contributed by atoms with Gasteiger partial charge in [-0.1, -0.05) is 89.9 Å². The Balaban J connectivity index is 1.51. The Morgan fingerprint density at radius 2 is 1.42 bits per heavy atom. The molecule has 0 unspecified atom stereocenters. The molecule has 76 heavy (non-hydrogen) atoms. The number of H-pyrrole nitrogens is 2. The molecule has 0 spiro atoms. The van der Waals surface area contributed by atoms with E-state index in [0.29, 0.717) is 29.7 Å². The van der Waals surface area contributed by atoms with Gasteiger partial charge in [0.05, 0.1) is 6.33 Å². The standard InChI is InChI=1S/C50H69N15O9S2/c1-3-4-15-35(59-29(2)66)45(70)65-41-27-76-75-26-40(43(51)68)64-48(73)38(22-31-24-57-34-16-9-8-14-33(31)34)63-46(71)36(17-10-20-56-50(52)53)61-47(72)37(21-30-12-6-5-7-13-30)62-49(74)39(23-32-25-54-28-58-32)60-42(67)18-11-19-55-44(41)69/h5-9,12-14,16,24-25,28,35-41,57H,3-4,10-11,15,17-23,26-27H2,1-2H3,(H2,51,68)(H,54,58)(H,55,69)(H,59,66)(H,60,67)(H,61,72)(H,62,74)(H,63,71)(H,64,73)(H,65,70)(H4,52,53,56)/t35-,36-,37+,38-,39-,40+,41+/m0/s1. The number of nitrogens with zero attached hydrogens (tertiary/aromatic N) is 2. The first-order valence-electron chi connectivity index (χ1n) is 25.0. The zero-order valence-electron chi connectivity index (χ0n) is 42.5. The SMILES string of the molecule is CCCC[C@H](NC(C)=O)C(=O)N[C@@H]1CSSC[C@H](C(N)=O)NC(=O)[C@H](Cc2c[nH]c3ccccc23)NC(=O)[C@H](CCCN=C(N)N)NC(=O)[C@@H](Cc2ccccc2)NC(=O)[C@H](Cc2cnc[nH]2)NC(=O)CCCNC1=O. The molecule has 1 aliphatic rings. The minimum atomic E-state index is -1.36. The molecule has 16 N–H and O–H groups in total.